The molecule has 2 N–H and O–H groups in total. The number of hydrogen-bond donors (Lipinski definition) is 2. The lowest BCUT2D eigenvalue weighted by Gasteiger charge is -2.41. The number of fused-ring (bicyclic) bond motifs is 1. The van der Waals surface area contributed by atoms with Gasteiger partial charge in [0, 0.05) is 0 Å². The summed E-state index contributed by atoms with van der Waals surface area (Å²) in [4.78, 5) is 23.9. The van der Waals surface area contributed by atoms with Crippen molar-refractivity contribution in [2.75, 3.05) is 6.54 Å². The Labute approximate surface area is 105 Å². The molecule has 0 aliphatic carbocycles. The zero-order chi connectivity index (χ0) is 12.6. The summed E-state index contributed by atoms with van der Waals surface area (Å²) in [6, 6.07) is 9.54. The number of benzene rings is 1. The van der Waals surface area contributed by atoms with Crippen molar-refractivity contribution >= 4 is 17.8 Å². The van der Waals surface area contributed by atoms with Gasteiger partial charge in [0.15, 0.2) is 11.3 Å². The van der Waals surface area contributed by atoms with Gasteiger partial charge in [-0.2, -0.15) is 0 Å². The molecule has 1 aromatic rings. The molecule has 0 saturated carbocycles. The highest BCUT2D eigenvalue weighted by Gasteiger charge is 2.61. The molecule has 92 valence electrons. The monoisotopic (exact) mass is 242 g/mol. The lowest BCUT2D eigenvalue weighted by atomic mass is 9.79. The third-order valence-corrected chi connectivity index (χ3v) is 3.64. The van der Waals surface area contributed by atoms with E-state index >= 15 is 0 Å². The maximum atomic E-state index is 12.2. The first-order chi connectivity index (χ1) is 8.73. The fourth-order valence-corrected chi connectivity index (χ4v) is 2.60. The molecular formula is C14H14N2O2. The van der Waals surface area contributed by atoms with Crippen LogP contribution in [0.25, 0.3) is 6.08 Å². The van der Waals surface area contributed by atoms with Crippen LogP contribution in [0.2, 0.25) is 0 Å². The number of carbonyl (C=O) groups is 2. The smallest absolute Gasteiger partial charge is 0.250 e. The van der Waals surface area contributed by atoms with Crippen LogP contribution in [-0.4, -0.2) is 29.8 Å². The Hall–Kier alpha value is -1.94. The predicted octanol–water partition coefficient (Wildman–Crippen LogP) is 0.499. The normalized spacial score (nSPS) is 29.8. The van der Waals surface area contributed by atoms with E-state index in [0.29, 0.717) is 6.54 Å². The Morgan fingerprint density at radius 2 is 2.11 bits per heavy atom. The molecule has 0 aromatic heterocycles. The molecule has 1 aromatic carbocycles. The number of hydrogen-bond acceptors (Lipinski definition) is 3. The van der Waals surface area contributed by atoms with Gasteiger partial charge < -0.3 is 5.32 Å². The first-order valence-electron chi connectivity index (χ1n) is 6.07. The van der Waals surface area contributed by atoms with Gasteiger partial charge in [-0.15, -0.1) is 0 Å². The van der Waals surface area contributed by atoms with E-state index in [1.807, 2.05) is 30.3 Å². The predicted molar refractivity (Wildman–Crippen MR) is 67.8 cm³/mol. The zero-order valence-electron chi connectivity index (χ0n) is 9.85. The minimum atomic E-state index is -0.995. The summed E-state index contributed by atoms with van der Waals surface area (Å²) in [7, 11) is 0. The molecule has 0 bridgehead atoms. The highest BCUT2D eigenvalue weighted by atomic mass is 16.2. The summed E-state index contributed by atoms with van der Waals surface area (Å²) >= 11 is 0. The lowest BCUT2D eigenvalue weighted by Crippen LogP contribution is -2.77. The molecule has 2 heterocycles. The molecule has 0 spiro atoms. The average molecular weight is 242 g/mol. The van der Waals surface area contributed by atoms with Crippen LogP contribution in [0.5, 0.6) is 0 Å². The summed E-state index contributed by atoms with van der Waals surface area (Å²) in [5, 5.41) is 5.81. The Balaban J connectivity index is 1.80. The number of amides is 1. The number of carbonyl (C=O) groups excluding carboxylic acids is 2. The molecule has 2 atom stereocenters. The van der Waals surface area contributed by atoms with E-state index in [1.165, 1.54) is 6.08 Å². The van der Waals surface area contributed by atoms with E-state index in [4.69, 9.17) is 0 Å². The Bertz CT molecular complexity index is 524. The minimum Gasteiger partial charge on any atom is -0.348 e. The molecule has 0 radical (unpaired) electrons. The van der Waals surface area contributed by atoms with Crippen molar-refractivity contribution in [2.45, 2.75) is 18.0 Å². The van der Waals surface area contributed by atoms with Crippen molar-refractivity contribution in [3.8, 4) is 0 Å². The van der Waals surface area contributed by atoms with Crippen LogP contribution in [-0.2, 0) is 9.59 Å². The molecule has 0 unspecified atom stereocenters. The Morgan fingerprint density at radius 3 is 2.78 bits per heavy atom. The van der Waals surface area contributed by atoms with Crippen molar-refractivity contribution in [1.82, 2.24) is 10.6 Å². The van der Waals surface area contributed by atoms with Gasteiger partial charge in [0.05, 0.1) is 6.04 Å². The summed E-state index contributed by atoms with van der Waals surface area (Å²) < 4.78 is 0. The summed E-state index contributed by atoms with van der Waals surface area (Å²) in [6.07, 6.45) is 4.07. The topological polar surface area (TPSA) is 58.2 Å². The number of nitrogens with one attached hydrogen (secondary N) is 2. The summed E-state index contributed by atoms with van der Waals surface area (Å²) in [5.41, 5.74) is -0.0396. The molecule has 2 saturated heterocycles. The van der Waals surface area contributed by atoms with Crippen LogP contribution < -0.4 is 10.6 Å². The third-order valence-electron chi connectivity index (χ3n) is 3.64. The standard InChI is InChI=1S/C14H14N2O2/c17-12(7-6-10-4-2-1-3-5-10)14-11(8-9-15-14)16-13(14)18/h1-7,11,15H,8-9H2,(H,16,18)/b7-6+/t11-,14+/m1/s1. The van der Waals surface area contributed by atoms with Crippen molar-refractivity contribution in [3.05, 3.63) is 42.0 Å². The largest absolute Gasteiger partial charge is 0.348 e. The van der Waals surface area contributed by atoms with Gasteiger partial charge in [-0.05, 0) is 24.6 Å². The van der Waals surface area contributed by atoms with E-state index in [0.717, 1.165) is 12.0 Å². The number of rotatable bonds is 3. The Kier molecular flexibility index (Phi) is 2.52. The lowest BCUT2D eigenvalue weighted by molar-refractivity contribution is -0.144. The molecule has 3 rings (SSSR count). The molecular weight excluding hydrogens is 228 g/mol. The van der Waals surface area contributed by atoms with Crippen LogP contribution >= 0.6 is 0 Å². The van der Waals surface area contributed by atoms with E-state index in [9.17, 15) is 9.59 Å². The van der Waals surface area contributed by atoms with Crippen molar-refractivity contribution < 1.29 is 9.59 Å². The highest BCUT2D eigenvalue weighted by Crippen LogP contribution is 2.30. The second-order valence-electron chi connectivity index (χ2n) is 4.66. The quantitative estimate of drug-likeness (QED) is 0.461. The fraction of sp³-hybridized carbons (Fsp3) is 0.286. The second-order valence-corrected chi connectivity index (χ2v) is 4.66. The van der Waals surface area contributed by atoms with E-state index in [1.54, 1.807) is 6.08 Å². The van der Waals surface area contributed by atoms with Gasteiger partial charge in [0.25, 0.3) is 5.91 Å². The van der Waals surface area contributed by atoms with Gasteiger partial charge in [-0.25, -0.2) is 0 Å². The van der Waals surface area contributed by atoms with Gasteiger partial charge in [-0.3, -0.25) is 14.9 Å². The van der Waals surface area contributed by atoms with Gasteiger partial charge in [0.2, 0.25) is 0 Å². The maximum absolute atomic E-state index is 12.2. The molecule has 1 amide bonds. The first-order valence-corrected chi connectivity index (χ1v) is 6.07. The fourth-order valence-electron chi connectivity index (χ4n) is 2.60. The molecule has 18 heavy (non-hydrogen) atoms. The van der Waals surface area contributed by atoms with Crippen LogP contribution in [0.4, 0.5) is 0 Å². The van der Waals surface area contributed by atoms with Crippen molar-refractivity contribution in [3.63, 3.8) is 0 Å². The minimum absolute atomic E-state index is 0.0436. The highest BCUT2D eigenvalue weighted by molar-refractivity contribution is 6.21. The molecule has 4 nitrogen and oxygen atoms in total. The zero-order valence-corrected chi connectivity index (χ0v) is 9.85. The molecule has 2 fully saturated rings. The van der Waals surface area contributed by atoms with Crippen LogP contribution in [0, 0.1) is 0 Å². The first kappa shape index (κ1) is 11.2. The number of ketones is 1. The van der Waals surface area contributed by atoms with E-state index in [-0.39, 0.29) is 17.7 Å². The molecule has 4 heteroatoms. The molecule has 2 aliphatic heterocycles. The number of β-lactam (4-membered cyclic amide) rings is 1. The van der Waals surface area contributed by atoms with Gasteiger partial charge in [0.1, 0.15) is 0 Å². The second kappa shape index (κ2) is 4.07. The van der Waals surface area contributed by atoms with Gasteiger partial charge in [-0.1, -0.05) is 36.4 Å². The molecule has 2 aliphatic rings. The average Bonchev–Trinajstić information content (AvgIpc) is 2.74. The van der Waals surface area contributed by atoms with Crippen LogP contribution in [0.15, 0.2) is 36.4 Å². The van der Waals surface area contributed by atoms with Crippen molar-refractivity contribution in [1.29, 1.82) is 0 Å². The van der Waals surface area contributed by atoms with Gasteiger partial charge >= 0.3 is 0 Å². The van der Waals surface area contributed by atoms with Crippen LogP contribution in [0.3, 0.4) is 0 Å². The maximum Gasteiger partial charge on any atom is 0.250 e. The Morgan fingerprint density at radius 1 is 1.33 bits per heavy atom. The van der Waals surface area contributed by atoms with Crippen molar-refractivity contribution in [2.24, 2.45) is 0 Å². The van der Waals surface area contributed by atoms with E-state index < -0.39 is 5.54 Å². The van der Waals surface area contributed by atoms with E-state index in [2.05, 4.69) is 10.6 Å². The summed E-state index contributed by atoms with van der Waals surface area (Å²) in [5.74, 6) is -0.356. The SMILES string of the molecule is O=C(/C=C/c1ccccc1)[C@@]12NCC[C@H]1NC2=O. The van der Waals surface area contributed by atoms with Crippen LogP contribution in [0.1, 0.15) is 12.0 Å². The third kappa shape index (κ3) is 1.49. The summed E-state index contributed by atoms with van der Waals surface area (Å²) in [6.45, 7) is 0.703.